The maximum absolute atomic E-state index is 12.3. The first-order valence-electron chi connectivity index (χ1n) is 7.70. The van der Waals surface area contributed by atoms with E-state index in [-0.39, 0.29) is 0 Å². The van der Waals surface area contributed by atoms with E-state index >= 15 is 0 Å². The van der Waals surface area contributed by atoms with Crippen molar-refractivity contribution in [2.24, 2.45) is 0 Å². The first kappa shape index (κ1) is 17.8. The third-order valence-electron chi connectivity index (χ3n) is 2.85. The van der Waals surface area contributed by atoms with Crippen LogP contribution in [0.5, 0.6) is 5.75 Å². The number of benzene rings is 1. The van der Waals surface area contributed by atoms with Gasteiger partial charge in [-0.15, -0.1) is 0 Å². The Morgan fingerprint density at radius 3 is 2.12 bits per heavy atom. The van der Waals surface area contributed by atoms with Crippen molar-refractivity contribution >= 4 is 23.2 Å². The van der Waals surface area contributed by atoms with E-state index < -0.39 is 23.5 Å². The Morgan fingerprint density at radius 2 is 1.54 bits per heavy atom. The lowest BCUT2D eigenvalue weighted by atomic mass is 10.2. The highest BCUT2D eigenvalue weighted by molar-refractivity contribution is 5.90. The summed E-state index contributed by atoms with van der Waals surface area (Å²) in [6.07, 6.45) is 0.333. The summed E-state index contributed by atoms with van der Waals surface area (Å²) in [7, 11) is 0. The molecule has 0 aliphatic carbocycles. The van der Waals surface area contributed by atoms with Crippen molar-refractivity contribution in [3.63, 3.8) is 0 Å². The van der Waals surface area contributed by atoms with Gasteiger partial charge in [0.25, 0.3) is 0 Å². The Hall–Kier alpha value is -2.50. The minimum absolute atomic E-state index is 0.292. The molecule has 0 atom stereocenters. The van der Waals surface area contributed by atoms with Gasteiger partial charge in [-0.25, -0.2) is 9.59 Å². The summed E-state index contributed by atoms with van der Waals surface area (Å²) in [5.74, 6) is 0.292. The molecule has 24 heavy (non-hydrogen) atoms. The molecule has 0 aliphatic rings. The molecule has 0 spiro atoms. The number of rotatable bonds is 1. The van der Waals surface area contributed by atoms with E-state index in [1.54, 1.807) is 72.0 Å². The summed E-state index contributed by atoms with van der Waals surface area (Å²) in [5.41, 5.74) is -0.652. The van der Waals surface area contributed by atoms with Crippen molar-refractivity contribution in [2.45, 2.75) is 52.7 Å². The molecule has 1 aromatic carbocycles. The fourth-order valence-corrected chi connectivity index (χ4v) is 2.01. The van der Waals surface area contributed by atoms with Crippen LogP contribution >= 0.6 is 0 Å². The molecular formula is C18H23NO5. The zero-order valence-corrected chi connectivity index (χ0v) is 14.9. The highest BCUT2D eigenvalue weighted by atomic mass is 16.7. The third kappa shape index (κ3) is 4.75. The minimum atomic E-state index is -0.794. The Kier molecular flexibility index (Phi) is 4.60. The molecule has 0 fully saturated rings. The molecule has 0 bridgehead atoms. The van der Waals surface area contributed by atoms with Gasteiger partial charge < -0.3 is 14.2 Å². The van der Waals surface area contributed by atoms with Gasteiger partial charge in [0.2, 0.25) is 0 Å². The van der Waals surface area contributed by atoms with Gasteiger partial charge in [0, 0.05) is 17.6 Å². The molecule has 1 heterocycles. The average molecular weight is 333 g/mol. The quantitative estimate of drug-likeness (QED) is 0.557. The van der Waals surface area contributed by atoms with Gasteiger partial charge in [0.05, 0.1) is 5.52 Å². The van der Waals surface area contributed by atoms with Gasteiger partial charge in [0.1, 0.15) is 17.0 Å². The Bertz CT molecular complexity index is 762. The van der Waals surface area contributed by atoms with E-state index in [0.717, 1.165) is 5.39 Å². The van der Waals surface area contributed by atoms with Gasteiger partial charge in [-0.05, 0) is 59.7 Å². The highest BCUT2D eigenvalue weighted by Crippen LogP contribution is 2.24. The van der Waals surface area contributed by atoms with E-state index in [4.69, 9.17) is 14.2 Å². The monoisotopic (exact) mass is 333 g/mol. The van der Waals surface area contributed by atoms with Crippen LogP contribution in [-0.2, 0) is 9.47 Å². The largest absolute Gasteiger partial charge is 0.514 e. The molecule has 1 aromatic heterocycles. The minimum Gasteiger partial charge on any atom is -0.443 e. The highest BCUT2D eigenvalue weighted by Gasteiger charge is 2.21. The maximum atomic E-state index is 12.3. The van der Waals surface area contributed by atoms with Crippen molar-refractivity contribution in [3.8, 4) is 5.75 Å². The van der Waals surface area contributed by atoms with Crippen LogP contribution in [0.4, 0.5) is 9.59 Å². The SMILES string of the molecule is CC(C)(C)OC(=O)Oc1ccc2ccn(C(=O)OC(C)(C)C)c2c1. The van der Waals surface area contributed by atoms with Crippen molar-refractivity contribution in [3.05, 3.63) is 30.5 Å². The predicted octanol–water partition coefficient (Wildman–Crippen LogP) is 4.74. The number of aromatic nitrogens is 1. The Balaban J connectivity index is 2.25. The second-order valence-electron chi connectivity index (χ2n) is 7.45. The van der Waals surface area contributed by atoms with Crippen LogP contribution in [0.1, 0.15) is 41.5 Å². The van der Waals surface area contributed by atoms with E-state index in [0.29, 0.717) is 11.3 Å². The number of fused-ring (bicyclic) bond motifs is 1. The van der Waals surface area contributed by atoms with Crippen LogP contribution in [-0.4, -0.2) is 28.0 Å². The molecule has 2 rings (SSSR count). The first-order chi connectivity index (χ1) is 10.9. The zero-order chi connectivity index (χ0) is 18.1. The number of nitrogens with zero attached hydrogens (tertiary/aromatic N) is 1. The van der Waals surface area contributed by atoms with Gasteiger partial charge in [-0.3, -0.25) is 4.57 Å². The van der Waals surface area contributed by atoms with Crippen LogP contribution in [0.3, 0.4) is 0 Å². The zero-order valence-electron chi connectivity index (χ0n) is 14.9. The fourth-order valence-electron chi connectivity index (χ4n) is 2.01. The summed E-state index contributed by atoms with van der Waals surface area (Å²) < 4.78 is 17.0. The third-order valence-corrected chi connectivity index (χ3v) is 2.85. The molecule has 2 aromatic rings. The molecule has 0 saturated carbocycles. The van der Waals surface area contributed by atoms with Crippen molar-refractivity contribution in [2.75, 3.05) is 0 Å². The number of hydrogen-bond acceptors (Lipinski definition) is 5. The van der Waals surface area contributed by atoms with E-state index in [9.17, 15) is 9.59 Å². The molecule has 130 valence electrons. The smallest absolute Gasteiger partial charge is 0.443 e. The van der Waals surface area contributed by atoms with Crippen LogP contribution in [0, 0.1) is 0 Å². The maximum Gasteiger partial charge on any atom is 0.514 e. The van der Waals surface area contributed by atoms with Gasteiger partial charge in [-0.2, -0.15) is 0 Å². The van der Waals surface area contributed by atoms with Gasteiger partial charge >= 0.3 is 12.2 Å². The first-order valence-corrected chi connectivity index (χ1v) is 7.70. The number of carbonyl (C=O) groups excluding carboxylic acids is 2. The summed E-state index contributed by atoms with van der Waals surface area (Å²) in [6, 6.07) is 6.79. The number of ether oxygens (including phenoxy) is 3. The molecule has 0 N–H and O–H groups in total. The summed E-state index contributed by atoms with van der Waals surface area (Å²) in [6.45, 7) is 10.7. The molecule has 0 aliphatic heterocycles. The van der Waals surface area contributed by atoms with Crippen molar-refractivity contribution in [1.82, 2.24) is 4.57 Å². The van der Waals surface area contributed by atoms with Crippen molar-refractivity contribution in [1.29, 1.82) is 0 Å². The molecule has 0 unspecified atom stereocenters. The lowest BCUT2D eigenvalue weighted by molar-refractivity contribution is 0.0206. The summed E-state index contributed by atoms with van der Waals surface area (Å²) >= 11 is 0. The normalized spacial score (nSPS) is 12.1. The Morgan fingerprint density at radius 1 is 0.917 bits per heavy atom. The van der Waals surface area contributed by atoms with E-state index in [1.165, 1.54) is 4.57 Å². The van der Waals surface area contributed by atoms with Crippen LogP contribution in [0.15, 0.2) is 30.5 Å². The summed E-state index contributed by atoms with van der Waals surface area (Å²) in [5, 5.41) is 0.831. The lowest BCUT2D eigenvalue weighted by Gasteiger charge is -2.20. The van der Waals surface area contributed by atoms with Gasteiger partial charge in [0.15, 0.2) is 0 Å². The molecule has 6 heteroatoms. The Labute approximate surface area is 141 Å². The topological polar surface area (TPSA) is 66.8 Å². The van der Waals surface area contributed by atoms with Crippen LogP contribution < -0.4 is 4.74 Å². The molecule has 0 radical (unpaired) electrons. The molecular weight excluding hydrogens is 310 g/mol. The summed E-state index contributed by atoms with van der Waals surface area (Å²) in [4.78, 5) is 24.0. The van der Waals surface area contributed by atoms with Gasteiger partial charge in [-0.1, -0.05) is 0 Å². The number of hydrogen-bond donors (Lipinski definition) is 0. The number of carbonyl (C=O) groups is 2. The van der Waals surface area contributed by atoms with E-state index in [1.807, 2.05) is 0 Å². The lowest BCUT2D eigenvalue weighted by Crippen LogP contribution is -2.26. The van der Waals surface area contributed by atoms with E-state index in [2.05, 4.69) is 0 Å². The average Bonchev–Trinajstić information content (AvgIpc) is 2.77. The molecule has 0 saturated heterocycles. The second kappa shape index (κ2) is 6.19. The van der Waals surface area contributed by atoms with Crippen LogP contribution in [0.25, 0.3) is 10.9 Å². The molecule has 6 nitrogen and oxygen atoms in total. The predicted molar refractivity (Wildman–Crippen MR) is 90.4 cm³/mol. The molecule has 0 amide bonds. The second-order valence-corrected chi connectivity index (χ2v) is 7.45. The standard InChI is InChI=1S/C18H23NO5/c1-17(2,3)23-15(20)19-10-9-12-7-8-13(11-14(12)19)22-16(21)24-18(4,5)6/h7-11H,1-6H3. The van der Waals surface area contributed by atoms with Crippen molar-refractivity contribution < 1.29 is 23.8 Å². The fraction of sp³-hybridized carbons (Fsp3) is 0.444. The van der Waals surface area contributed by atoms with Crippen LogP contribution in [0.2, 0.25) is 0 Å².